The summed E-state index contributed by atoms with van der Waals surface area (Å²) in [4.78, 5) is 13.9. The van der Waals surface area contributed by atoms with Crippen molar-refractivity contribution in [2.24, 2.45) is 5.92 Å². The predicted octanol–water partition coefficient (Wildman–Crippen LogP) is 1.64. The number of piperidine rings is 1. The van der Waals surface area contributed by atoms with Gasteiger partial charge in [0.15, 0.2) is 0 Å². The Labute approximate surface area is 124 Å². The van der Waals surface area contributed by atoms with E-state index in [0.29, 0.717) is 6.54 Å². The third-order valence-electron chi connectivity index (χ3n) is 3.31. The summed E-state index contributed by atoms with van der Waals surface area (Å²) in [6.45, 7) is 9.86. The molecule has 19 heavy (non-hydrogen) atoms. The van der Waals surface area contributed by atoms with Gasteiger partial charge in [0, 0.05) is 5.54 Å². The maximum Gasteiger partial charge on any atom is 0.234 e. The second-order valence-corrected chi connectivity index (χ2v) is 6.52. The molecule has 0 aromatic heterocycles. The molecular weight excluding hydrogens is 262 g/mol. The van der Waals surface area contributed by atoms with Crippen LogP contribution in [0.2, 0.25) is 0 Å². The summed E-state index contributed by atoms with van der Waals surface area (Å²) in [5.74, 6) is 0.953. The van der Waals surface area contributed by atoms with Crippen molar-refractivity contribution in [1.29, 1.82) is 0 Å². The van der Waals surface area contributed by atoms with Gasteiger partial charge in [0.2, 0.25) is 5.91 Å². The Morgan fingerprint density at radius 3 is 2.42 bits per heavy atom. The van der Waals surface area contributed by atoms with Gasteiger partial charge in [-0.1, -0.05) is 0 Å². The van der Waals surface area contributed by atoms with E-state index in [1.165, 1.54) is 19.3 Å². The van der Waals surface area contributed by atoms with E-state index in [2.05, 4.69) is 15.5 Å². The van der Waals surface area contributed by atoms with Crippen LogP contribution >= 0.6 is 12.4 Å². The number of halogens is 1. The lowest BCUT2D eigenvalue weighted by Gasteiger charge is -2.26. The summed E-state index contributed by atoms with van der Waals surface area (Å²) in [7, 11) is 2.03. The minimum Gasteiger partial charge on any atom is -0.350 e. The molecule has 0 spiro atoms. The van der Waals surface area contributed by atoms with Crippen LogP contribution in [-0.4, -0.2) is 49.6 Å². The molecule has 2 N–H and O–H groups in total. The SMILES string of the molecule is CN(CCC1CCNCC1)CC(=O)NC(C)(C)C.Cl. The summed E-state index contributed by atoms with van der Waals surface area (Å²) in [6, 6.07) is 0. The molecule has 114 valence electrons. The highest BCUT2D eigenvalue weighted by atomic mass is 35.5. The van der Waals surface area contributed by atoms with Gasteiger partial charge in [-0.3, -0.25) is 9.69 Å². The minimum absolute atomic E-state index is 0. The van der Waals surface area contributed by atoms with Gasteiger partial charge in [-0.15, -0.1) is 12.4 Å². The van der Waals surface area contributed by atoms with Crippen LogP contribution in [0.25, 0.3) is 0 Å². The predicted molar refractivity (Wildman–Crippen MR) is 82.9 cm³/mol. The summed E-state index contributed by atoms with van der Waals surface area (Å²) >= 11 is 0. The van der Waals surface area contributed by atoms with Gasteiger partial charge in [-0.2, -0.15) is 0 Å². The zero-order chi connectivity index (χ0) is 13.6. The van der Waals surface area contributed by atoms with E-state index in [4.69, 9.17) is 0 Å². The Hall–Kier alpha value is -0.320. The molecule has 0 aromatic rings. The average Bonchev–Trinajstić information content (AvgIpc) is 2.25. The molecule has 0 radical (unpaired) electrons. The number of nitrogens with zero attached hydrogens (tertiary/aromatic N) is 1. The lowest BCUT2D eigenvalue weighted by molar-refractivity contribution is -0.123. The van der Waals surface area contributed by atoms with Crippen molar-refractivity contribution in [3.05, 3.63) is 0 Å². The zero-order valence-electron chi connectivity index (χ0n) is 12.8. The molecule has 1 saturated heterocycles. The number of amides is 1. The summed E-state index contributed by atoms with van der Waals surface area (Å²) in [6.07, 6.45) is 3.77. The standard InChI is InChI=1S/C14H29N3O.ClH/c1-14(2,3)16-13(18)11-17(4)10-7-12-5-8-15-9-6-12;/h12,15H,5-11H2,1-4H3,(H,16,18);1H. The molecule has 0 saturated carbocycles. The molecule has 1 aliphatic rings. The van der Waals surface area contributed by atoms with Crippen LogP contribution in [0.15, 0.2) is 0 Å². The highest BCUT2D eigenvalue weighted by Gasteiger charge is 2.17. The number of carbonyl (C=O) groups is 1. The third kappa shape index (κ3) is 9.25. The second kappa shape index (κ2) is 8.77. The van der Waals surface area contributed by atoms with E-state index in [1.807, 2.05) is 27.8 Å². The van der Waals surface area contributed by atoms with Gasteiger partial charge in [0.05, 0.1) is 6.54 Å². The van der Waals surface area contributed by atoms with Crippen molar-refractivity contribution in [3.63, 3.8) is 0 Å². The molecular formula is C14H30ClN3O. The Bertz CT molecular complexity index is 260. The van der Waals surface area contributed by atoms with Crippen LogP contribution in [0.4, 0.5) is 0 Å². The fourth-order valence-electron chi connectivity index (χ4n) is 2.36. The van der Waals surface area contributed by atoms with E-state index in [9.17, 15) is 4.79 Å². The first kappa shape index (κ1) is 18.7. The van der Waals surface area contributed by atoms with E-state index in [0.717, 1.165) is 25.6 Å². The molecule has 1 fully saturated rings. The van der Waals surface area contributed by atoms with Crippen molar-refractivity contribution in [3.8, 4) is 0 Å². The fraction of sp³-hybridized carbons (Fsp3) is 0.929. The Kier molecular flexibility index (Phi) is 8.62. The topological polar surface area (TPSA) is 44.4 Å². The maximum absolute atomic E-state index is 11.8. The quantitative estimate of drug-likeness (QED) is 0.809. The number of nitrogens with one attached hydrogen (secondary N) is 2. The first-order valence-electron chi connectivity index (χ1n) is 7.07. The molecule has 1 rings (SSSR count). The zero-order valence-corrected chi connectivity index (χ0v) is 13.6. The van der Waals surface area contributed by atoms with Crippen molar-refractivity contribution in [2.75, 3.05) is 33.2 Å². The van der Waals surface area contributed by atoms with E-state index < -0.39 is 0 Å². The number of likely N-dealkylation sites (N-methyl/N-ethyl adjacent to an activating group) is 1. The minimum atomic E-state index is -0.132. The van der Waals surface area contributed by atoms with Crippen LogP contribution < -0.4 is 10.6 Å². The monoisotopic (exact) mass is 291 g/mol. The molecule has 0 bridgehead atoms. The summed E-state index contributed by atoms with van der Waals surface area (Å²) in [5.41, 5.74) is -0.132. The number of hydrogen-bond acceptors (Lipinski definition) is 3. The molecule has 1 aliphatic heterocycles. The van der Waals surface area contributed by atoms with Gasteiger partial charge in [0.25, 0.3) is 0 Å². The van der Waals surface area contributed by atoms with Gasteiger partial charge >= 0.3 is 0 Å². The molecule has 4 nitrogen and oxygen atoms in total. The Morgan fingerprint density at radius 1 is 1.32 bits per heavy atom. The highest BCUT2D eigenvalue weighted by Crippen LogP contribution is 2.15. The number of carbonyl (C=O) groups excluding carboxylic acids is 1. The third-order valence-corrected chi connectivity index (χ3v) is 3.31. The molecule has 1 heterocycles. The van der Waals surface area contributed by atoms with E-state index in [-0.39, 0.29) is 23.9 Å². The van der Waals surface area contributed by atoms with Crippen LogP contribution in [0.1, 0.15) is 40.0 Å². The Balaban J connectivity index is 0.00000324. The van der Waals surface area contributed by atoms with Crippen LogP contribution in [0, 0.1) is 5.92 Å². The number of rotatable bonds is 5. The first-order chi connectivity index (χ1) is 8.37. The molecule has 0 atom stereocenters. The van der Waals surface area contributed by atoms with Crippen LogP contribution in [0.5, 0.6) is 0 Å². The lowest BCUT2D eigenvalue weighted by atomic mass is 9.94. The molecule has 0 aliphatic carbocycles. The average molecular weight is 292 g/mol. The first-order valence-corrected chi connectivity index (χ1v) is 7.07. The number of hydrogen-bond donors (Lipinski definition) is 2. The highest BCUT2D eigenvalue weighted by molar-refractivity contribution is 5.85. The van der Waals surface area contributed by atoms with Crippen molar-refractivity contribution in [2.45, 2.75) is 45.6 Å². The van der Waals surface area contributed by atoms with Crippen LogP contribution in [-0.2, 0) is 4.79 Å². The lowest BCUT2D eigenvalue weighted by Crippen LogP contribution is -2.45. The fourth-order valence-corrected chi connectivity index (χ4v) is 2.36. The van der Waals surface area contributed by atoms with Gasteiger partial charge in [-0.25, -0.2) is 0 Å². The van der Waals surface area contributed by atoms with Gasteiger partial charge in [0.1, 0.15) is 0 Å². The van der Waals surface area contributed by atoms with E-state index >= 15 is 0 Å². The normalized spacial score (nSPS) is 17.1. The largest absolute Gasteiger partial charge is 0.350 e. The Morgan fingerprint density at radius 2 is 1.89 bits per heavy atom. The molecule has 5 heteroatoms. The van der Waals surface area contributed by atoms with Gasteiger partial charge < -0.3 is 10.6 Å². The van der Waals surface area contributed by atoms with Crippen LogP contribution in [0.3, 0.4) is 0 Å². The van der Waals surface area contributed by atoms with Gasteiger partial charge in [-0.05, 0) is 72.6 Å². The maximum atomic E-state index is 11.8. The molecule has 1 amide bonds. The summed E-state index contributed by atoms with van der Waals surface area (Å²) < 4.78 is 0. The summed E-state index contributed by atoms with van der Waals surface area (Å²) in [5, 5.41) is 6.38. The molecule has 0 aromatic carbocycles. The van der Waals surface area contributed by atoms with Crippen molar-refractivity contribution < 1.29 is 4.79 Å². The second-order valence-electron chi connectivity index (χ2n) is 6.52. The van der Waals surface area contributed by atoms with Crippen molar-refractivity contribution in [1.82, 2.24) is 15.5 Å². The van der Waals surface area contributed by atoms with E-state index in [1.54, 1.807) is 0 Å². The smallest absolute Gasteiger partial charge is 0.234 e. The van der Waals surface area contributed by atoms with Crippen molar-refractivity contribution >= 4 is 18.3 Å². The molecule has 0 unspecified atom stereocenters.